The number of nitrogens with zero attached hydrogens (tertiary/aromatic N) is 6. The molecule has 3 aliphatic rings. The first-order valence-corrected chi connectivity index (χ1v) is 26.0. The highest BCUT2D eigenvalue weighted by Gasteiger charge is 2.33. The molecular weight excluding hydrogens is 1030 g/mol. The molecule has 7 rings (SSSR count). The molecule has 1 aromatic heterocycles. The van der Waals surface area contributed by atoms with Crippen LogP contribution in [0.2, 0.25) is 0 Å². The van der Waals surface area contributed by atoms with E-state index in [1.165, 1.54) is 28.6 Å². The van der Waals surface area contributed by atoms with E-state index in [1.54, 1.807) is 16.9 Å². The number of aromatic nitrogens is 2. The van der Waals surface area contributed by atoms with E-state index in [1.807, 2.05) is 61.7 Å². The van der Waals surface area contributed by atoms with Gasteiger partial charge in [-0.1, -0.05) is 80.2 Å². The first-order valence-electron chi connectivity index (χ1n) is 22.0. The first kappa shape index (κ1) is 58.5. The van der Waals surface area contributed by atoms with Crippen LogP contribution >= 0.6 is 53.9 Å². The molecule has 0 saturated carbocycles. The minimum absolute atomic E-state index is 0.0223. The Morgan fingerprint density at radius 2 is 1.85 bits per heavy atom. The minimum atomic E-state index is -4.10. The topological polar surface area (TPSA) is 226 Å². The number of aliphatic carboxylic acids is 1. The number of anilines is 3. The van der Waals surface area contributed by atoms with Gasteiger partial charge >= 0.3 is 13.6 Å². The van der Waals surface area contributed by atoms with Crippen LogP contribution < -0.4 is 34.3 Å². The Bertz CT molecular complexity index is 2690. The van der Waals surface area contributed by atoms with Gasteiger partial charge in [-0.05, 0) is 61.9 Å². The number of ether oxygens (including phenoxy) is 3. The average Bonchev–Trinajstić information content (AvgIpc) is 3.82. The summed E-state index contributed by atoms with van der Waals surface area (Å²) in [4.78, 5) is 71.1. The Balaban J connectivity index is 0.000000217. The lowest BCUT2D eigenvalue weighted by Crippen LogP contribution is -2.47. The lowest BCUT2D eigenvalue weighted by molar-refractivity contribution is -0.136. The number of hydrogen-bond donors (Lipinski definition) is 4. The van der Waals surface area contributed by atoms with Crippen LogP contribution in [0.3, 0.4) is 0 Å². The molecule has 18 nitrogen and oxygen atoms in total. The first-order chi connectivity index (χ1) is 33.5. The normalized spacial score (nSPS) is 15.9. The van der Waals surface area contributed by atoms with Gasteiger partial charge in [0.1, 0.15) is 35.5 Å². The molecular formula is C47H58Cl3FN7O11PS. The van der Waals surface area contributed by atoms with Crippen molar-refractivity contribution in [2.45, 2.75) is 77.8 Å². The SMILES string of the molecule is C#CCN1C(=O)COc2cc(F)c(N=c3snc4n3CC(C)(C)C4)cc21.CC1COc2ccccc2N1C(=O)C(Cl)Cl.CCc1cccc(C)c1N(C(=O)CCl)C(C)COC.O=C(O)CNCP(=O)(O)O. The summed E-state index contributed by atoms with van der Waals surface area (Å²) in [5, 5.41) is 10.1. The number of fused-ring (bicyclic) bond motifs is 3. The fourth-order valence-electron chi connectivity index (χ4n) is 7.62. The van der Waals surface area contributed by atoms with Crippen molar-refractivity contribution < 1.29 is 57.2 Å². The Labute approximate surface area is 431 Å². The molecule has 71 heavy (non-hydrogen) atoms. The second kappa shape index (κ2) is 26.6. The molecule has 2 unspecified atom stereocenters. The summed E-state index contributed by atoms with van der Waals surface area (Å²) in [5.74, 6) is 2.04. The van der Waals surface area contributed by atoms with Crippen molar-refractivity contribution in [2.24, 2.45) is 10.4 Å². The third-order valence-corrected chi connectivity index (χ3v) is 12.7. The van der Waals surface area contributed by atoms with Gasteiger partial charge < -0.3 is 43.5 Å². The van der Waals surface area contributed by atoms with Gasteiger partial charge in [0.25, 0.3) is 11.8 Å². The van der Waals surface area contributed by atoms with Crippen LogP contribution in [0.25, 0.3) is 0 Å². The number of aryl methyl sites for hydroxylation is 2. The summed E-state index contributed by atoms with van der Waals surface area (Å²) >= 11 is 18.3. The van der Waals surface area contributed by atoms with Crippen molar-refractivity contribution in [3.63, 3.8) is 0 Å². The number of para-hydroxylation sites is 3. The van der Waals surface area contributed by atoms with Crippen molar-refractivity contribution in [3.05, 3.63) is 82.2 Å². The molecule has 3 aromatic carbocycles. The molecule has 4 aromatic rings. The number of carboxylic acids is 1. The zero-order valence-electron chi connectivity index (χ0n) is 40.2. The van der Waals surface area contributed by atoms with Gasteiger partial charge in [0.15, 0.2) is 17.3 Å². The van der Waals surface area contributed by atoms with Crippen LogP contribution in [0.1, 0.15) is 51.6 Å². The summed E-state index contributed by atoms with van der Waals surface area (Å²) in [5.41, 5.74) is 4.61. The number of benzene rings is 3. The van der Waals surface area contributed by atoms with E-state index in [2.05, 4.69) is 47.4 Å². The second-order valence-electron chi connectivity index (χ2n) is 17.1. The number of halogens is 4. The number of carboxylic acid groups (broad SMARTS) is 1. The second-order valence-corrected chi connectivity index (χ2v) is 20.8. The Morgan fingerprint density at radius 1 is 1.14 bits per heavy atom. The molecule has 24 heteroatoms. The Morgan fingerprint density at radius 3 is 2.46 bits per heavy atom. The molecule has 0 radical (unpaired) electrons. The van der Waals surface area contributed by atoms with E-state index >= 15 is 0 Å². The number of carbonyl (C=O) groups is 4. The number of rotatable bonds is 13. The lowest BCUT2D eigenvalue weighted by atomic mass is 9.92. The molecule has 0 saturated heterocycles. The largest absolute Gasteiger partial charge is 0.489 e. The maximum absolute atomic E-state index is 14.5. The summed E-state index contributed by atoms with van der Waals surface area (Å²) in [6.07, 6.45) is 6.50. The number of methoxy groups -OCH3 is 1. The van der Waals surface area contributed by atoms with Crippen LogP contribution in [-0.2, 0) is 47.9 Å². The van der Waals surface area contributed by atoms with Crippen LogP contribution in [-0.4, -0.2) is 117 Å². The fraction of sp³-hybridized carbons (Fsp3) is 0.447. The number of alkyl halides is 3. The highest BCUT2D eigenvalue weighted by atomic mass is 35.5. The smallest absolute Gasteiger partial charge is 0.339 e. The number of hydrogen-bond acceptors (Lipinski definition) is 12. The van der Waals surface area contributed by atoms with Gasteiger partial charge in [-0.3, -0.25) is 34.0 Å². The molecule has 0 bridgehead atoms. The maximum Gasteiger partial charge on any atom is 0.339 e. The molecule has 3 amide bonds. The number of terminal acetylenes is 1. The van der Waals surface area contributed by atoms with Crippen molar-refractivity contribution >= 4 is 100 Å². The van der Waals surface area contributed by atoms with Crippen molar-refractivity contribution in [1.29, 1.82) is 0 Å². The molecule has 386 valence electrons. The van der Waals surface area contributed by atoms with Crippen molar-refractivity contribution in [3.8, 4) is 23.8 Å². The zero-order chi connectivity index (χ0) is 52.8. The van der Waals surface area contributed by atoms with Gasteiger partial charge in [0.2, 0.25) is 10.7 Å². The van der Waals surface area contributed by atoms with Crippen LogP contribution in [0, 0.1) is 30.5 Å². The predicted octanol–water partition coefficient (Wildman–Crippen LogP) is 6.82. The summed E-state index contributed by atoms with van der Waals surface area (Å²) in [6, 6.07) is 16.1. The Kier molecular flexibility index (Phi) is 21.9. The van der Waals surface area contributed by atoms with E-state index < -0.39 is 37.0 Å². The fourth-order valence-corrected chi connectivity index (χ4v) is 9.12. The van der Waals surface area contributed by atoms with E-state index in [4.69, 9.17) is 70.3 Å². The van der Waals surface area contributed by atoms with Crippen molar-refractivity contribution in [1.82, 2.24) is 14.3 Å². The van der Waals surface area contributed by atoms with Crippen LogP contribution in [0.4, 0.5) is 27.1 Å². The zero-order valence-corrected chi connectivity index (χ0v) is 44.2. The van der Waals surface area contributed by atoms with Crippen molar-refractivity contribution in [2.75, 3.05) is 66.9 Å². The summed E-state index contributed by atoms with van der Waals surface area (Å²) in [7, 11) is -2.46. The molecule has 3 aliphatic heterocycles. The summed E-state index contributed by atoms with van der Waals surface area (Å²) < 4.78 is 47.1. The van der Waals surface area contributed by atoms with E-state index in [9.17, 15) is 28.1 Å². The molecule has 0 aliphatic carbocycles. The average molecular weight is 1090 g/mol. The maximum atomic E-state index is 14.5. The number of nitrogens with one attached hydrogen (secondary N) is 1. The van der Waals surface area contributed by atoms with Gasteiger partial charge in [0.05, 0.1) is 55.1 Å². The third kappa shape index (κ3) is 16.2. The van der Waals surface area contributed by atoms with Gasteiger partial charge in [-0.25, -0.2) is 9.38 Å². The monoisotopic (exact) mass is 1080 g/mol. The van der Waals surface area contributed by atoms with Crippen LogP contribution in [0.15, 0.2) is 59.6 Å². The molecule has 4 heterocycles. The predicted molar refractivity (Wildman–Crippen MR) is 273 cm³/mol. The van der Waals surface area contributed by atoms with Crippen LogP contribution in [0.5, 0.6) is 11.5 Å². The van der Waals surface area contributed by atoms with E-state index in [0.717, 1.165) is 47.7 Å². The number of amides is 3. The summed E-state index contributed by atoms with van der Waals surface area (Å²) in [6.45, 7) is 13.5. The highest BCUT2D eigenvalue weighted by Crippen LogP contribution is 2.38. The van der Waals surface area contributed by atoms with E-state index in [-0.39, 0.29) is 59.9 Å². The molecule has 0 fully saturated rings. The molecule has 0 spiro atoms. The molecule has 2 atom stereocenters. The standard InChI is InChI=1S/C18H17FN4O2S.C15H22ClNO2.C11H11Cl2NO2.C3H8NO5P/c1-4-5-22-13-7-12(11(19)6-14(13)25-9-16(22)24)20-17-23-10-18(2,3)8-15(23)21-26-17;1-5-13-8-6-7-11(2)15(13)17(14(18)9-16)12(3)10-19-4;1-7-6-16-9-5-3-2-4-8(9)14(7)11(15)10(12)13;5-3(6)1-4-2-10(7,8)9/h1,6-7H,5,8-10H2,2-3H3;6-8,12H,5,9-10H2,1-4H3;2-5,7,10H,6H2,1H3;4H,1-2H2,(H,5,6)(H2,7,8,9). The quantitative estimate of drug-likeness (QED) is 0.0614. The number of carbonyl (C=O) groups excluding carboxylic acids is 3. The van der Waals surface area contributed by atoms with Gasteiger partial charge in [0, 0.05) is 37.7 Å². The molecule has 4 N–H and O–H groups in total. The third-order valence-electron chi connectivity index (χ3n) is 10.7. The Hall–Kier alpha value is -5.07. The van der Waals surface area contributed by atoms with E-state index in [0.29, 0.717) is 35.2 Å². The van der Waals surface area contributed by atoms with Gasteiger partial charge in [-0.15, -0.1) is 18.0 Å². The highest BCUT2D eigenvalue weighted by molar-refractivity contribution is 7.51. The minimum Gasteiger partial charge on any atom is -0.489 e. The lowest BCUT2D eigenvalue weighted by Gasteiger charge is -2.35. The van der Waals surface area contributed by atoms with Gasteiger partial charge in [-0.2, -0.15) is 4.37 Å².